The van der Waals surface area contributed by atoms with Crippen molar-refractivity contribution < 1.29 is 38.0 Å². The first-order valence-corrected chi connectivity index (χ1v) is 16.7. The molecule has 0 radical (unpaired) electrons. The molecule has 2 unspecified atom stereocenters. The molecule has 260 valence electrons. The number of nitrogens with zero attached hydrogens (tertiary/aromatic N) is 4. The fourth-order valence-electron chi connectivity index (χ4n) is 6.42. The van der Waals surface area contributed by atoms with Gasteiger partial charge >= 0.3 is 8.25 Å². The zero-order valence-corrected chi connectivity index (χ0v) is 28.0. The molecular weight excluding hydrogens is 667 g/mol. The molecule has 50 heavy (non-hydrogen) atoms. The molecule has 1 aliphatic heterocycles. The van der Waals surface area contributed by atoms with Gasteiger partial charge in [-0.25, -0.2) is 4.98 Å². The number of anilines is 1. The van der Waals surface area contributed by atoms with Crippen LogP contribution in [0.3, 0.4) is 0 Å². The first kappa shape index (κ1) is 34.8. The van der Waals surface area contributed by atoms with Crippen LogP contribution in [-0.4, -0.2) is 75.0 Å². The van der Waals surface area contributed by atoms with E-state index in [2.05, 4.69) is 15.0 Å². The van der Waals surface area contributed by atoms with Crippen molar-refractivity contribution in [2.24, 2.45) is 0 Å². The van der Waals surface area contributed by atoms with Gasteiger partial charge in [0.1, 0.15) is 35.9 Å². The maximum atomic E-state index is 13.1. The van der Waals surface area contributed by atoms with E-state index in [9.17, 15) is 19.6 Å². The van der Waals surface area contributed by atoms with Gasteiger partial charge in [-0.05, 0) is 41.0 Å². The molecule has 3 aromatic carbocycles. The van der Waals surface area contributed by atoms with Crippen molar-refractivity contribution in [3.8, 4) is 17.6 Å². The van der Waals surface area contributed by atoms with E-state index < -0.39 is 49.9 Å². The number of imidazole rings is 1. The molecule has 0 aliphatic carbocycles. The predicted octanol–water partition coefficient (Wildman–Crippen LogP) is 3.08. The number of H-pyrrole nitrogens is 1. The Labute approximate surface area is 286 Å². The summed E-state index contributed by atoms with van der Waals surface area (Å²) in [5, 5.41) is 33.7. The minimum atomic E-state index is -3.35. The molecule has 16 heteroatoms. The Kier molecular flexibility index (Phi) is 10.3. The average molecular weight is 703 g/mol. The Balaban J connectivity index is 1.54. The van der Waals surface area contributed by atoms with Crippen LogP contribution in [0.4, 0.5) is 5.95 Å². The highest BCUT2D eigenvalue weighted by Crippen LogP contribution is 2.49. The summed E-state index contributed by atoms with van der Waals surface area (Å²) in [4.78, 5) is 23.3. The monoisotopic (exact) mass is 702 g/mol. The number of nitriles is 1. The van der Waals surface area contributed by atoms with Crippen LogP contribution in [-0.2, 0) is 23.8 Å². The van der Waals surface area contributed by atoms with E-state index in [0.29, 0.717) is 28.2 Å². The topological polar surface area (TPSA) is 217 Å². The van der Waals surface area contributed by atoms with Gasteiger partial charge in [0.25, 0.3) is 5.56 Å². The summed E-state index contributed by atoms with van der Waals surface area (Å²) in [5.41, 5.74) is 5.62. The lowest BCUT2D eigenvalue weighted by atomic mass is 9.64. The van der Waals surface area contributed by atoms with Gasteiger partial charge in [-0.1, -0.05) is 54.6 Å². The summed E-state index contributed by atoms with van der Waals surface area (Å²) in [5.74, 6) is 0.963. The van der Waals surface area contributed by atoms with E-state index in [1.165, 1.54) is 10.9 Å². The molecule has 0 bridgehead atoms. The lowest BCUT2D eigenvalue weighted by Crippen LogP contribution is -2.52. The summed E-state index contributed by atoms with van der Waals surface area (Å²) < 4.78 is 42.9. The number of hydrogen-bond acceptors (Lipinski definition) is 13. The van der Waals surface area contributed by atoms with Crippen LogP contribution < -0.4 is 20.8 Å². The van der Waals surface area contributed by atoms with E-state index >= 15 is 0 Å². The van der Waals surface area contributed by atoms with Gasteiger partial charge in [-0.3, -0.25) is 18.9 Å². The van der Waals surface area contributed by atoms with Gasteiger partial charge in [0.05, 0.1) is 45.1 Å². The molecule has 0 amide bonds. The van der Waals surface area contributed by atoms with E-state index in [1.54, 1.807) is 38.5 Å². The Morgan fingerprint density at radius 3 is 2.22 bits per heavy atom. The average Bonchev–Trinajstić information content (AvgIpc) is 3.70. The third kappa shape index (κ3) is 6.36. The number of aliphatic hydroxyl groups is 2. The molecule has 0 spiro atoms. The zero-order valence-electron chi connectivity index (χ0n) is 27.0. The van der Waals surface area contributed by atoms with Crippen LogP contribution in [0.2, 0.25) is 0 Å². The summed E-state index contributed by atoms with van der Waals surface area (Å²) in [6, 6.07) is 25.4. The first-order chi connectivity index (χ1) is 24.2. The molecule has 0 saturated carbocycles. The predicted molar refractivity (Wildman–Crippen MR) is 181 cm³/mol. The second-order valence-electron chi connectivity index (χ2n) is 11.4. The summed E-state index contributed by atoms with van der Waals surface area (Å²) >= 11 is 0. The molecule has 1 saturated heterocycles. The Bertz CT molecular complexity index is 2000. The normalized spacial score (nSPS) is 20.3. The summed E-state index contributed by atoms with van der Waals surface area (Å²) in [7, 11) is -0.253. The number of methoxy groups -OCH3 is 2. The van der Waals surface area contributed by atoms with E-state index in [-0.39, 0.29) is 30.1 Å². The molecule has 6 rings (SSSR count). The molecule has 3 heterocycles. The van der Waals surface area contributed by atoms with Crippen LogP contribution in [0.1, 0.15) is 29.3 Å². The standard InChI is InChI=1S/C34H35N6O9P/c1-45-23-13-9-21(10-14-23)34(20-7-4-3-5-8-20,22-11-15-24(46-2)16-12-22)29(42)28-27(49-50(44)47-18-6-17-35)26(41)32(48-28)40-19-37-25-30(40)38-33(36)39-31(25)43/h3-5,7-16,19,26-29,32,41-42,50H,6,18H2,1-2H3,(H3,36,38,39,43)/t26-,27+,28+,29?,32-/m1/s1. The van der Waals surface area contributed by atoms with Gasteiger partial charge in [-0.2, -0.15) is 10.2 Å². The lowest BCUT2D eigenvalue weighted by Gasteiger charge is -2.43. The fourth-order valence-corrected chi connectivity index (χ4v) is 7.25. The molecular formula is C34H35N6O9P. The van der Waals surface area contributed by atoms with Crippen molar-refractivity contribution in [1.82, 2.24) is 19.5 Å². The number of aliphatic hydroxyl groups excluding tert-OH is 2. The molecule has 5 aromatic rings. The molecule has 15 nitrogen and oxygen atoms in total. The van der Waals surface area contributed by atoms with Crippen molar-refractivity contribution in [3.05, 3.63) is 112 Å². The van der Waals surface area contributed by atoms with E-state index in [0.717, 1.165) is 0 Å². The molecule has 2 aromatic heterocycles. The van der Waals surface area contributed by atoms with Gasteiger partial charge in [-0.15, -0.1) is 0 Å². The maximum Gasteiger partial charge on any atom is 0.319 e. The van der Waals surface area contributed by atoms with Crippen LogP contribution in [0.5, 0.6) is 11.5 Å². The van der Waals surface area contributed by atoms with Crippen LogP contribution in [0, 0.1) is 11.3 Å². The molecule has 5 N–H and O–H groups in total. The van der Waals surface area contributed by atoms with Crippen molar-refractivity contribution in [1.29, 1.82) is 5.26 Å². The first-order valence-electron chi connectivity index (χ1n) is 15.5. The van der Waals surface area contributed by atoms with Crippen LogP contribution in [0.15, 0.2) is 90.0 Å². The fraction of sp³-hybridized carbons (Fsp3) is 0.294. The SMILES string of the molecule is COc1ccc(C(c2ccccc2)(c2ccc(OC)cc2)C(O)[C@H]2O[C@@H](n3cnc4c(=O)[nH]c(N)nc43)[C@H](O)[C@@H]2O[PH](=O)OCCC#N)cc1. The van der Waals surface area contributed by atoms with Gasteiger partial charge in [0, 0.05) is 0 Å². The number of nitrogens with one attached hydrogen (secondary N) is 1. The highest BCUT2D eigenvalue weighted by Gasteiger charge is 2.57. The largest absolute Gasteiger partial charge is 0.497 e. The second-order valence-corrected chi connectivity index (χ2v) is 12.4. The smallest absolute Gasteiger partial charge is 0.319 e. The van der Waals surface area contributed by atoms with E-state index in [1.807, 2.05) is 60.7 Å². The van der Waals surface area contributed by atoms with Gasteiger partial charge < -0.3 is 39.2 Å². The third-order valence-electron chi connectivity index (χ3n) is 8.71. The summed E-state index contributed by atoms with van der Waals surface area (Å²) in [6.45, 7) is -0.182. The minimum absolute atomic E-state index is 0.00162. The Morgan fingerprint density at radius 2 is 1.64 bits per heavy atom. The lowest BCUT2D eigenvalue weighted by molar-refractivity contribution is -0.0950. The van der Waals surface area contributed by atoms with Gasteiger partial charge in [0.2, 0.25) is 5.95 Å². The number of aromatic amines is 1. The van der Waals surface area contributed by atoms with Crippen molar-refractivity contribution in [2.45, 2.75) is 42.5 Å². The highest BCUT2D eigenvalue weighted by atomic mass is 31.1. The molecule has 1 fully saturated rings. The minimum Gasteiger partial charge on any atom is -0.497 e. The van der Waals surface area contributed by atoms with Gasteiger partial charge in [0.15, 0.2) is 17.4 Å². The second kappa shape index (κ2) is 14.8. The number of hydrogen-bond donors (Lipinski definition) is 4. The number of aromatic nitrogens is 4. The molecule has 1 aliphatic rings. The number of nitrogen functional groups attached to an aromatic ring is 1. The van der Waals surface area contributed by atoms with Crippen LogP contribution in [0.25, 0.3) is 11.2 Å². The number of nitrogens with two attached hydrogens (primary N) is 1. The van der Waals surface area contributed by atoms with Crippen molar-refractivity contribution >= 4 is 25.4 Å². The Morgan fingerprint density at radius 1 is 1.04 bits per heavy atom. The quantitative estimate of drug-likeness (QED) is 0.0789. The van der Waals surface area contributed by atoms with E-state index in [4.69, 9.17) is 34.3 Å². The van der Waals surface area contributed by atoms with Crippen molar-refractivity contribution in [2.75, 3.05) is 26.6 Å². The van der Waals surface area contributed by atoms with Crippen molar-refractivity contribution in [3.63, 3.8) is 0 Å². The number of benzene rings is 3. The van der Waals surface area contributed by atoms with Crippen LogP contribution >= 0.6 is 8.25 Å². The number of ether oxygens (including phenoxy) is 3. The highest BCUT2D eigenvalue weighted by molar-refractivity contribution is 7.33. The molecule has 6 atom stereocenters. The zero-order chi connectivity index (χ0) is 35.4. The maximum absolute atomic E-state index is 13.1. The Hall–Kier alpha value is -5.07. The third-order valence-corrected chi connectivity index (χ3v) is 9.62. The number of fused-ring (bicyclic) bond motifs is 1. The number of rotatable bonds is 13. The summed E-state index contributed by atoms with van der Waals surface area (Å²) in [6.07, 6.45) is -6.22.